The Morgan fingerprint density at radius 2 is 2.15 bits per heavy atom. The molecule has 13 heavy (non-hydrogen) atoms. The highest BCUT2D eigenvalue weighted by Gasteiger charge is 2.34. The van der Waals surface area contributed by atoms with Gasteiger partial charge >= 0.3 is 6.18 Å². The zero-order valence-corrected chi connectivity index (χ0v) is 6.88. The van der Waals surface area contributed by atoms with Crippen molar-refractivity contribution in [3.8, 4) is 0 Å². The predicted molar refractivity (Wildman–Crippen MR) is 40.0 cm³/mol. The van der Waals surface area contributed by atoms with Crippen LogP contribution in [0.1, 0.15) is 18.5 Å². The maximum absolute atomic E-state index is 12.1. The molecule has 5 heteroatoms. The summed E-state index contributed by atoms with van der Waals surface area (Å²) in [6.07, 6.45) is -0.696. The number of nitrogens with zero attached hydrogens (tertiary/aromatic N) is 2. The largest absolute Gasteiger partial charge is 0.435 e. The molecule has 1 aromatic rings. The monoisotopic (exact) mass is 190 g/mol. The second-order valence-corrected chi connectivity index (χ2v) is 3.36. The molecule has 0 atom stereocenters. The lowest BCUT2D eigenvalue weighted by Crippen LogP contribution is -2.08. The molecule has 1 aromatic heterocycles. The van der Waals surface area contributed by atoms with E-state index in [1.54, 1.807) is 0 Å². The molecule has 1 saturated carbocycles. The van der Waals surface area contributed by atoms with Gasteiger partial charge in [0.2, 0.25) is 0 Å². The summed E-state index contributed by atoms with van der Waals surface area (Å²) in [4.78, 5) is 0. The van der Waals surface area contributed by atoms with Crippen LogP contribution in [0.2, 0.25) is 0 Å². The number of hydrogen-bond donors (Lipinski definition) is 0. The standard InChI is InChI=1S/C8H9F3N2/c9-8(10,11)7-3-4-13(12-7)5-6-1-2-6/h3-4,6H,1-2,5H2. The van der Waals surface area contributed by atoms with Crippen molar-refractivity contribution in [3.05, 3.63) is 18.0 Å². The van der Waals surface area contributed by atoms with Gasteiger partial charge in [0.15, 0.2) is 5.69 Å². The summed E-state index contributed by atoms with van der Waals surface area (Å²) in [5.41, 5.74) is -0.798. The van der Waals surface area contributed by atoms with Crippen molar-refractivity contribution in [2.75, 3.05) is 0 Å². The fraction of sp³-hybridized carbons (Fsp3) is 0.625. The van der Waals surface area contributed by atoms with Gasteiger partial charge in [0.1, 0.15) is 0 Å². The lowest BCUT2D eigenvalue weighted by atomic mass is 10.4. The molecule has 0 aromatic carbocycles. The Morgan fingerprint density at radius 1 is 1.46 bits per heavy atom. The van der Waals surface area contributed by atoms with Crippen LogP contribution in [-0.2, 0) is 12.7 Å². The van der Waals surface area contributed by atoms with E-state index in [2.05, 4.69) is 5.10 Å². The van der Waals surface area contributed by atoms with Crippen LogP contribution >= 0.6 is 0 Å². The third-order valence-corrected chi connectivity index (χ3v) is 2.07. The highest BCUT2D eigenvalue weighted by Crippen LogP contribution is 2.31. The highest BCUT2D eigenvalue weighted by molar-refractivity contribution is 5.03. The average molecular weight is 190 g/mol. The maximum atomic E-state index is 12.1. The molecule has 2 nitrogen and oxygen atoms in total. The van der Waals surface area contributed by atoms with Crippen molar-refractivity contribution < 1.29 is 13.2 Å². The first-order valence-electron chi connectivity index (χ1n) is 4.16. The van der Waals surface area contributed by atoms with Gasteiger partial charge < -0.3 is 0 Å². The topological polar surface area (TPSA) is 17.8 Å². The van der Waals surface area contributed by atoms with Crippen LogP contribution in [0.4, 0.5) is 13.2 Å². The number of aromatic nitrogens is 2. The Kier molecular flexibility index (Phi) is 1.82. The van der Waals surface area contributed by atoms with Crippen LogP contribution in [-0.4, -0.2) is 9.78 Å². The van der Waals surface area contributed by atoms with Crippen LogP contribution in [0.3, 0.4) is 0 Å². The molecule has 1 fully saturated rings. The summed E-state index contributed by atoms with van der Waals surface area (Å²) in [5.74, 6) is 0.543. The Morgan fingerprint density at radius 3 is 2.62 bits per heavy atom. The first-order chi connectivity index (χ1) is 6.05. The van der Waals surface area contributed by atoms with Crippen molar-refractivity contribution in [1.29, 1.82) is 0 Å². The molecule has 1 aliphatic carbocycles. The van der Waals surface area contributed by atoms with E-state index >= 15 is 0 Å². The van der Waals surface area contributed by atoms with Crippen LogP contribution in [0.15, 0.2) is 12.3 Å². The molecular weight excluding hydrogens is 181 g/mol. The molecule has 72 valence electrons. The SMILES string of the molecule is FC(F)(F)c1ccn(CC2CC2)n1. The van der Waals surface area contributed by atoms with Crippen molar-refractivity contribution in [2.24, 2.45) is 5.92 Å². The minimum atomic E-state index is -4.31. The summed E-state index contributed by atoms with van der Waals surface area (Å²) in [7, 11) is 0. The molecule has 1 heterocycles. The van der Waals surface area contributed by atoms with Gasteiger partial charge in [0.25, 0.3) is 0 Å². The number of alkyl halides is 3. The van der Waals surface area contributed by atoms with Crippen molar-refractivity contribution in [2.45, 2.75) is 25.6 Å². The van der Waals surface area contributed by atoms with E-state index in [1.807, 2.05) is 0 Å². The second kappa shape index (κ2) is 2.75. The zero-order chi connectivity index (χ0) is 9.47. The average Bonchev–Trinajstić information content (AvgIpc) is 2.63. The van der Waals surface area contributed by atoms with Gasteiger partial charge in [0.05, 0.1) is 0 Å². The third-order valence-electron chi connectivity index (χ3n) is 2.07. The summed E-state index contributed by atoms with van der Waals surface area (Å²) in [6, 6.07) is 1.02. The Labute approximate surface area is 73.4 Å². The summed E-state index contributed by atoms with van der Waals surface area (Å²) in [5, 5.41) is 3.45. The van der Waals surface area contributed by atoms with E-state index in [4.69, 9.17) is 0 Å². The van der Waals surface area contributed by atoms with Crippen LogP contribution in [0, 0.1) is 5.92 Å². The zero-order valence-electron chi connectivity index (χ0n) is 6.88. The van der Waals surface area contributed by atoms with E-state index in [0.29, 0.717) is 12.5 Å². The first-order valence-corrected chi connectivity index (χ1v) is 4.16. The quantitative estimate of drug-likeness (QED) is 0.699. The summed E-state index contributed by atoms with van der Waals surface area (Å²) >= 11 is 0. The van der Waals surface area contributed by atoms with Gasteiger partial charge in [-0.3, -0.25) is 4.68 Å². The van der Waals surface area contributed by atoms with E-state index in [0.717, 1.165) is 18.9 Å². The van der Waals surface area contributed by atoms with Gasteiger partial charge in [-0.1, -0.05) is 0 Å². The van der Waals surface area contributed by atoms with E-state index in [9.17, 15) is 13.2 Å². The molecule has 0 bridgehead atoms. The number of rotatable bonds is 2. The Bertz CT molecular complexity index is 299. The van der Waals surface area contributed by atoms with Gasteiger partial charge in [-0.2, -0.15) is 18.3 Å². The van der Waals surface area contributed by atoms with E-state index in [1.165, 1.54) is 10.9 Å². The summed E-state index contributed by atoms with van der Waals surface area (Å²) in [6.45, 7) is 0.621. The molecule has 2 rings (SSSR count). The second-order valence-electron chi connectivity index (χ2n) is 3.36. The van der Waals surface area contributed by atoms with E-state index in [-0.39, 0.29) is 0 Å². The molecule has 0 spiro atoms. The van der Waals surface area contributed by atoms with Gasteiger partial charge in [-0.15, -0.1) is 0 Å². The normalized spacial score (nSPS) is 17.8. The molecular formula is C8H9F3N2. The molecule has 0 amide bonds. The van der Waals surface area contributed by atoms with Gasteiger partial charge in [0, 0.05) is 12.7 Å². The Hall–Kier alpha value is -1.00. The number of hydrogen-bond acceptors (Lipinski definition) is 1. The molecule has 0 aliphatic heterocycles. The van der Waals surface area contributed by atoms with Crippen LogP contribution in [0.5, 0.6) is 0 Å². The van der Waals surface area contributed by atoms with Crippen LogP contribution in [0.25, 0.3) is 0 Å². The predicted octanol–water partition coefficient (Wildman–Crippen LogP) is 2.31. The summed E-state index contributed by atoms with van der Waals surface area (Å²) < 4.78 is 37.6. The minimum absolute atomic E-state index is 0.543. The first kappa shape index (κ1) is 8.59. The van der Waals surface area contributed by atoms with Crippen LogP contribution < -0.4 is 0 Å². The minimum Gasteiger partial charge on any atom is -0.272 e. The third kappa shape index (κ3) is 2.02. The van der Waals surface area contributed by atoms with E-state index < -0.39 is 11.9 Å². The lowest BCUT2D eigenvalue weighted by Gasteiger charge is -2.01. The van der Waals surface area contributed by atoms with Gasteiger partial charge in [-0.05, 0) is 24.8 Å². The fourth-order valence-corrected chi connectivity index (χ4v) is 1.18. The number of halogens is 3. The Balaban J connectivity index is 2.08. The molecule has 0 saturated heterocycles. The maximum Gasteiger partial charge on any atom is 0.435 e. The highest BCUT2D eigenvalue weighted by atomic mass is 19.4. The molecule has 0 radical (unpaired) electrons. The smallest absolute Gasteiger partial charge is 0.272 e. The molecule has 1 aliphatic rings. The van der Waals surface area contributed by atoms with Gasteiger partial charge in [-0.25, -0.2) is 0 Å². The fourth-order valence-electron chi connectivity index (χ4n) is 1.18. The van der Waals surface area contributed by atoms with Crippen molar-refractivity contribution >= 4 is 0 Å². The molecule has 0 unspecified atom stereocenters. The van der Waals surface area contributed by atoms with Crippen molar-refractivity contribution in [3.63, 3.8) is 0 Å². The lowest BCUT2D eigenvalue weighted by molar-refractivity contribution is -0.141. The molecule has 0 N–H and O–H groups in total. The van der Waals surface area contributed by atoms with Crippen molar-refractivity contribution in [1.82, 2.24) is 9.78 Å².